The molecule has 0 aliphatic heterocycles. The van der Waals surface area contributed by atoms with Crippen molar-refractivity contribution in [3.8, 4) is 0 Å². The first-order chi connectivity index (χ1) is 7.24. The molecule has 0 saturated heterocycles. The van der Waals surface area contributed by atoms with Crippen molar-refractivity contribution < 1.29 is 5.11 Å². The number of aliphatic hydroxyl groups excluding tert-OH is 1. The highest BCUT2D eigenvalue weighted by Gasteiger charge is 2.11. The van der Waals surface area contributed by atoms with E-state index in [1.54, 1.807) is 0 Å². The van der Waals surface area contributed by atoms with Gasteiger partial charge in [0.25, 0.3) is 0 Å². The highest BCUT2D eigenvalue weighted by Crippen LogP contribution is 2.26. The Kier molecular flexibility index (Phi) is 2.75. The van der Waals surface area contributed by atoms with Gasteiger partial charge in [-0.1, -0.05) is 12.1 Å². The maximum atomic E-state index is 9.94. The normalized spacial score (nSPS) is 13.3. The topological polar surface area (TPSA) is 51.2 Å². The third-order valence-electron chi connectivity index (χ3n) is 2.76. The van der Waals surface area contributed by atoms with Crippen molar-refractivity contribution in [2.45, 2.75) is 12.5 Å². The van der Waals surface area contributed by atoms with Gasteiger partial charge in [-0.05, 0) is 30.7 Å². The Labute approximate surface area is 89.1 Å². The number of aliphatic hydroxyl groups is 1. The first kappa shape index (κ1) is 10.2. The van der Waals surface area contributed by atoms with Crippen LogP contribution in [0.25, 0.3) is 10.9 Å². The molecule has 0 spiro atoms. The van der Waals surface area contributed by atoms with Gasteiger partial charge in [-0.25, -0.2) is 0 Å². The lowest BCUT2D eigenvalue weighted by molar-refractivity contribution is 0.172. The number of benzene rings is 1. The molecular weight excluding hydrogens is 188 g/mol. The standard InChI is InChI=1S/C12H16N2O/c1-14-8-6-9-10(12(15)5-7-13)3-2-4-11(9)14/h2-4,6,8,12,15H,5,7,13H2,1H3/t12-/m0/s1. The highest BCUT2D eigenvalue weighted by atomic mass is 16.3. The summed E-state index contributed by atoms with van der Waals surface area (Å²) in [5.41, 5.74) is 7.56. The quantitative estimate of drug-likeness (QED) is 0.797. The van der Waals surface area contributed by atoms with E-state index in [1.807, 2.05) is 42.1 Å². The average molecular weight is 204 g/mol. The first-order valence-electron chi connectivity index (χ1n) is 5.16. The Morgan fingerprint density at radius 1 is 1.40 bits per heavy atom. The van der Waals surface area contributed by atoms with E-state index < -0.39 is 6.10 Å². The van der Waals surface area contributed by atoms with Crippen LogP contribution in [0.3, 0.4) is 0 Å². The monoisotopic (exact) mass is 204 g/mol. The smallest absolute Gasteiger partial charge is 0.0808 e. The predicted molar refractivity (Wildman–Crippen MR) is 61.6 cm³/mol. The lowest BCUT2D eigenvalue weighted by Crippen LogP contribution is -2.06. The Balaban J connectivity index is 2.51. The van der Waals surface area contributed by atoms with Crippen LogP contribution in [-0.4, -0.2) is 16.2 Å². The van der Waals surface area contributed by atoms with Gasteiger partial charge in [0.05, 0.1) is 6.10 Å². The number of rotatable bonds is 3. The van der Waals surface area contributed by atoms with Crippen LogP contribution >= 0.6 is 0 Å². The molecule has 80 valence electrons. The van der Waals surface area contributed by atoms with Crippen molar-refractivity contribution in [1.82, 2.24) is 4.57 Å². The molecule has 2 aromatic rings. The Hall–Kier alpha value is -1.32. The summed E-state index contributed by atoms with van der Waals surface area (Å²) in [6.45, 7) is 0.504. The van der Waals surface area contributed by atoms with E-state index in [2.05, 4.69) is 0 Å². The average Bonchev–Trinajstić information content (AvgIpc) is 2.61. The van der Waals surface area contributed by atoms with Crippen LogP contribution in [0, 0.1) is 0 Å². The minimum Gasteiger partial charge on any atom is -0.388 e. The highest BCUT2D eigenvalue weighted by molar-refractivity contribution is 5.83. The number of nitrogens with two attached hydrogens (primary N) is 1. The summed E-state index contributed by atoms with van der Waals surface area (Å²) in [6.07, 6.45) is 2.15. The summed E-state index contributed by atoms with van der Waals surface area (Å²) in [6, 6.07) is 8.01. The minimum absolute atomic E-state index is 0.457. The van der Waals surface area contributed by atoms with Crippen molar-refractivity contribution >= 4 is 10.9 Å². The van der Waals surface area contributed by atoms with Gasteiger partial charge in [0, 0.05) is 24.1 Å². The second-order valence-corrected chi connectivity index (χ2v) is 3.80. The summed E-state index contributed by atoms with van der Waals surface area (Å²) in [7, 11) is 2.00. The molecule has 2 rings (SSSR count). The maximum absolute atomic E-state index is 9.94. The Bertz CT molecular complexity index is 462. The van der Waals surface area contributed by atoms with Crippen molar-refractivity contribution in [3.05, 3.63) is 36.0 Å². The summed E-state index contributed by atoms with van der Waals surface area (Å²) in [4.78, 5) is 0. The van der Waals surface area contributed by atoms with Crippen molar-refractivity contribution in [2.24, 2.45) is 12.8 Å². The van der Waals surface area contributed by atoms with Gasteiger partial charge >= 0.3 is 0 Å². The van der Waals surface area contributed by atoms with E-state index in [-0.39, 0.29) is 0 Å². The first-order valence-corrected chi connectivity index (χ1v) is 5.16. The van der Waals surface area contributed by atoms with Gasteiger partial charge < -0.3 is 15.4 Å². The molecular formula is C12H16N2O. The molecule has 0 saturated carbocycles. The zero-order valence-electron chi connectivity index (χ0n) is 8.85. The van der Waals surface area contributed by atoms with Gasteiger partial charge in [0.2, 0.25) is 0 Å². The Morgan fingerprint density at radius 2 is 2.20 bits per heavy atom. The number of hydrogen-bond donors (Lipinski definition) is 2. The molecule has 3 N–H and O–H groups in total. The molecule has 0 fully saturated rings. The molecule has 15 heavy (non-hydrogen) atoms. The summed E-state index contributed by atoms with van der Waals surface area (Å²) in [5, 5.41) is 11.1. The van der Waals surface area contributed by atoms with Crippen LogP contribution in [-0.2, 0) is 7.05 Å². The van der Waals surface area contributed by atoms with Crippen molar-refractivity contribution in [3.63, 3.8) is 0 Å². The summed E-state index contributed by atoms with van der Waals surface area (Å²) < 4.78 is 2.05. The predicted octanol–water partition coefficient (Wildman–Crippen LogP) is 1.56. The van der Waals surface area contributed by atoms with E-state index in [9.17, 15) is 5.11 Å². The van der Waals surface area contributed by atoms with Crippen molar-refractivity contribution in [1.29, 1.82) is 0 Å². The van der Waals surface area contributed by atoms with Crippen LogP contribution in [0.5, 0.6) is 0 Å². The van der Waals surface area contributed by atoms with E-state index in [0.29, 0.717) is 13.0 Å². The molecule has 1 aromatic heterocycles. The van der Waals surface area contributed by atoms with Crippen LogP contribution < -0.4 is 5.73 Å². The minimum atomic E-state index is -0.457. The SMILES string of the molecule is Cn1ccc2c([C@@H](O)CCN)cccc21. The van der Waals surface area contributed by atoms with Gasteiger partial charge in [-0.3, -0.25) is 0 Å². The molecule has 0 radical (unpaired) electrons. The zero-order valence-corrected chi connectivity index (χ0v) is 8.85. The van der Waals surface area contributed by atoms with Crippen LogP contribution in [0.1, 0.15) is 18.1 Å². The molecule has 0 bridgehead atoms. The zero-order chi connectivity index (χ0) is 10.8. The third-order valence-corrected chi connectivity index (χ3v) is 2.76. The second kappa shape index (κ2) is 4.04. The van der Waals surface area contributed by atoms with Crippen molar-refractivity contribution in [2.75, 3.05) is 6.54 Å². The van der Waals surface area contributed by atoms with E-state index in [0.717, 1.165) is 16.5 Å². The largest absolute Gasteiger partial charge is 0.388 e. The van der Waals surface area contributed by atoms with Crippen LogP contribution in [0.4, 0.5) is 0 Å². The number of nitrogens with zero attached hydrogens (tertiary/aromatic N) is 1. The molecule has 0 aliphatic carbocycles. The van der Waals surface area contributed by atoms with E-state index >= 15 is 0 Å². The molecule has 0 aliphatic rings. The van der Waals surface area contributed by atoms with Gasteiger partial charge in [0.15, 0.2) is 0 Å². The lowest BCUT2D eigenvalue weighted by Gasteiger charge is -2.11. The fourth-order valence-corrected chi connectivity index (χ4v) is 1.93. The molecule has 3 heteroatoms. The van der Waals surface area contributed by atoms with E-state index in [1.165, 1.54) is 0 Å². The number of hydrogen-bond acceptors (Lipinski definition) is 2. The maximum Gasteiger partial charge on any atom is 0.0808 e. The van der Waals surface area contributed by atoms with E-state index in [4.69, 9.17) is 5.73 Å². The summed E-state index contributed by atoms with van der Waals surface area (Å²) in [5.74, 6) is 0. The Morgan fingerprint density at radius 3 is 2.93 bits per heavy atom. The molecule has 0 amide bonds. The second-order valence-electron chi connectivity index (χ2n) is 3.80. The number of aryl methyl sites for hydroxylation is 1. The van der Waals surface area contributed by atoms with Gasteiger partial charge in [-0.15, -0.1) is 0 Å². The molecule has 3 nitrogen and oxygen atoms in total. The molecule has 1 aromatic carbocycles. The fraction of sp³-hybridized carbons (Fsp3) is 0.333. The molecule has 1 atom stereocenters. The number of aromatic nitrogens is 1. The molecule has 1 heterocycles. The van der Waals surface area contributed by atoms with Gasteiger partial charge in [0.1, 0.15) is 0 Å². The van der Waals surface area contributed by atoms with Crippen LogP contribution in [0.2, 0.25) is 0 Å². The summed E-state index contributed by atoms with van der Waals surface area (Å²) >= 11 is 0. The third kappa shape index (κ3) is 1.76. The van der Waals surface area contributed by atoms with Crippen LogP contribution in [0.15, 0.2) is 30.5 Å². The number of fused-ring (bicyclic) bond motifs is 1. The van der Waals surface area contributed by atoms with Gasteiger partial charge in [-0.2, -0.15) is 0 Å². The molecule has 0 unspecified atom stereocenters. The lowest BCUT2D eigenvalue weighted by atomic mass is 10.0. The fourth-order valence-electron chi connectivity index (χ4n) is 1.93.